The quantitative estimate of drug-likeness (QED) is 0.765. The molecule has 0 saturated carbocycles. The van der Waals surface area contributed by atoms with E-state index in [-0.39, 0.29) is 0 Å². The number of benzene rings is 1. The van der Waals surface area contributed by atoms with E-state index < -0.39 is 0 Å². The molecule has 1 aromatic heterocycles. The van der Waals surface area contributed by atoms with Crippen molar-refractivity contribution >= 4 is 11.3 Å². The van der Waals surface area contributed by atoms with E-state index >= 15 is 0 Å². The van der Waals surface area contributed by atoms with Gasteiger partial charge in [0, 0.05) is 12.1 Å². The van der Waals surface area contributed by atoms with Crippen LogP contribution in [0.3, 0.4) is 0 Å². The fourth-order valence-electron chi connectivity index (χ4n) is 1.73. The van der Waals surface area contributed by atoms with Crippen molar-refractivity contribution in [1.29, 1.82) is 0 Å². The summed E-state index contributed by atoms with van der Waals surface area (Å²) in [6, 6.07) is 10.3. The van der Waals surface area contributed by atoms with Gasteiger partial charge in [-0.2, -0.15) is 11.3 Å². The highest BCUT2D eigenvalue weighted by molar-refractivity contribution is 7.07. The van der Waals surface area contributed by atoms with E-state index in [0.717, 1.165) is 25.3 Å². The van der Waals surface area contributed by atoms with Gasteiger partial charge in [-0.3, -0.25) is 0 Å². The maximum Gasteiger partial charge on any atom is 0.124 e. The van der Waals surface area contributed by atoms with E-state index in [0.29, 0.717) is 6.61 Å². The van der Waals surface area contributed by atoms with Gasteiger partial charge in [-0.15, -0.1) is 0 Å². The Bertz CT molecular complexity index is 453. The monoisotopic (exact) mass is 261 g/mol. The number of ether oxygens (including phenoxy) is 1. The summed E-state index contributed by atoms with van der Waals surface area (Å²) >= 11 is 1.70. The van der Waals surface area contributed by atoms with Crippen molar-refractivity contribution in [3.8, 4) is 5.75 Å². The Balaban J connectivity index is 1.94. The molecule has 3 heteroatoms. The van der Waals surface area contributed by atoms with Gasteiger partial charge >= 0.3 is 0 Å². The van der Waals surface area contributed by atoms with Gasteiger partial charge in [0.15, 0.2) is 0 Å². The van der Waals surface area contributed by atoms with Crippen molar-refractivity contribution < 1.29 is 4.74 Å². The predicted octanol–water partition coefficient (Wildman–Crippen LogP) is 3.83. The van der Waals surface area contributed by atoms with E-state index in [1.165, 1.54) is 11.1 Å². The molecule has 0 fully saturated rings. The first-order valence-electron chi connectivity index (χ1n) is 6.32. The minimum Gasteiger partial charge on any atom is -0.489 e. The molecular formula is C15H19NOS. The Kier molecular flexibility index (Phi) is 5.24. The second-order valence-electron chi connectivity index (χ2n) is 4.20. The SMILES string of the molecule is CCCNCc1ccccc1OCc1ccsc1. The second kappa shape index (κ2) is 7.19. The van der Waals surface area contributed by atoms with Crippen LogP contribution in [0.25, 0.3) is 0 Å². The van der Waals surface area contributed by atoms with Crippen LogP contribution in [0.5, 0.6) is 5.75 Å². The minimum atomic E-state index is 0.647. The van der Waals surface area contributed by atoms with Crippen molar-refractivity contribution in [2.75, 3.05) is 6.54 Å². The average molecular weight is 261 g/mol. The zero-order valence-electron chi connectivity index (χ0n) is 10.7. The Morgan fingerprint density at radius 2 is 2.11 bits per heavy atom. The first-order valence-corrected chi connectivity index (χ1v) is 7.27. The molecule has 96 valence electrons. The Labute approximate surface area is 113 Å². The maximum atomic E-state index is 5.88. The van der Waals surface area contributed by atoms with E-state index in [4.69, 9.17) is 4.74 Å². The third-order valence-corrected chi connectivity index (χ3v) is 3.42. The predicted molar refractivity (Wildman–Crippen MR) is 77.1 cm³/mol. The number of nitrogens with one attached hydrogen (secondary N) is 1. The number of rotatable bonds is 7. The zero-order chi connectivity index (χ0) is 12.6. The number of hydrogen-bond acceptors (Lipinski definition) is 3. The van der Waals surface area contributed by atoms with Crippen LogP contribution in [-0.4, -0.2) is 6.54 Å². The van der Waals surface area contributed by atoms with Gasteiger partial charge in [-0.25, -0.2) is 0 Å². The van der Waals surface area contributed by atoms with Gasteiger partial charge in [0.2, 0.25) is 0 Å². The topological polar surface area (TPSA) is 21.3 Å². The lowest BCUT2D eigenvalue weighted by Gasteiger charge is -2.11. The summed E-state index contributed by atoms with van der Waals surface area (Å²) in [6.45, 7) is 4.73. The van der Waals surface area contributed by atoms with Crippen LogP contribution in [0.1, 0.15) is 24.5 Å². The third-order valence-electron chi connectivity index (χ3n) is 2.69. The van der Waals surface area contributed by atoms with Crippen LogP contribution in [0.15, 0.2) is 41.1 Å². The first-order chi connectivity index (χ1) is 8.90. The summed E-state index contributed by atoms with van der Waals surface area (Å²) in [7, 11) is 0. The largest absolute Gasteiger partial charge is 0.489 e. The van der Waals surface area contributed by atoms with Crippen LogP contribution in [-0.2, 0) is 13.2 Å². The standard InChI is InChI=1S/C15H19NOS/c1-2-8-16-10-14-5-3-4-6-15(14)17-11-13-7-9-18-12-13/h3-7,9,12,16H,2,8,10-11H2,1H3. The van der Waals surface area contributed by atoms with Gasteiger partial charge in [-0.1, -0.05) is 25.1 Å². The summed E-state index contributed by atoms with van der Waals surface area (Å²) < 4.78 is 5.88. The number of hydrogen-bond donors (Lipinski definition) is 1. The summed E-state index contributed by atoms with van der Waals surface area (Å²) in [6.07, 6.45) is 1.15. The van der Waals surface area contributed by atoms with E-state index in [1.807, 2.05) is 12.1 Å². The molecule has 0 spiro atoms. The van der Waals surface area contributed by atoms with E-state index in [9.17, 15) is 0 Å². The molecule has 2 rings (SSSR count). The molecular weight excluding hydrogens is 242 g/mol. The fraction of sp³-hybridized carbons (Fsp3) is 0.333. The van der Waals surface area contributed by atoms with Crippen LogP contribution in [0, 0.1) is 0 Å². The molecule has 0 aliphatic heterocycles. The molecule has 0 bridgehead atoms. The summed E-state index contributed by atoms with van der Waals surface area (Å²) in [5, 5.41) is 7.61. The minimum absolute atomic E-state index is 0.647. The van der Waals surface area contributed by atoms with Crippen molar-refractivity contribution in [1.82, 2.24) is 5.32 Å². The molecule has 0 amide bonds. The average Bonchev–Trinajstić information content (AvgIpc) is 2.91. The van der Waals surface area contributed by atoms with Crippen molar-refractivity contribution in [3.63, 3.8) is 0 Å². The normalized spacial score (nSPS) is 10.5. The lowest BCUT2D eigenvalue weighted by atomic mass is 10.2. The summed E-state index contributed by atoms with van der Waals surface area (Å²) in [4.78, 5) is 0. The second-order valence-corrected chi connectivity index (χ2v) is 4.98. The lowest BCUT2D eigenvalue weighted by molar-refractivity contribution is 0.302. The molecule has 1 heterocycles. The van der Waals surface area contributed by atoms with Crippen molar-refractivity contribution in [2.45, 2.75) is 26.5 Å². The molecule has 0 aliphatic carbocycles. The van der Waals surface area contributed by atoms with Gasteiger partial charge in [0.05, 0.1) is 0 Å². The van der Waals surface area contributed by atoms with Gasteiger partial charge in [-0.05, 0) is 41.4 Å². The summed E-state index contributed by atoms with van der Waals surface area (Å²) in [5.74, 6) is 0.979. The summed E-state index contributed by atoms with van der Waals surface area (Å²) in [5.41, 5.74) is 2.46. The molecule has 0 radical (unpaired) electrons. The smallest absolute Gasteiger partial charge is 0.124 e. The Hall–Kier alpha value is -1.32. The van der Waals surface area contributed by atoms with Crippen LogP contribution < -0.4 is 10.1 Å². The molecule has 0 aliphatic rings. The molecule has 1 aromatic carbocycles. The third kappa shape index (κ3) is 3.86. The Morgan fingerprint density at radius 1 is 1.22 bits per heavy atom. The maximum absolute atomic E-state index is 5.88. The van der Waals surface area contributed by atoms with E-state index in [1.54, 1.807) is 11.3 Å². The van der Waals surface area contributed by atoms with Crippen molar-refractivity contribution in [2.24, 2.45) is 0 Å². The van der Waals surface area contributed by atoms with Crippen LogP contribution in [0.2, 0.25) is 0 Å². The van der Waals surface area contributed by atoms with Crippen LogP contribution >= 0.6 is 11.3 Å². The lowest BCUT2D eigenvalue weighted by Crippen LogP contribution is -2.14. The Morgan fingerprint density at radius 3 is 2.89 bits per heavy atom. The molecule has 1 N–H and O–H groups in total. The fourth-order valence-corrected chi connectivity index (χ4v) is 2.38. The number of thiophene rings is 1. The highest BCUT2D eigenvalue weighted by atomic mass is 32.1. The van der Waals surface area contributed by atoms with Gasteiger partial charge < -0.3 is 10.1 Å². The van der Waals surface area contributed by atoms with Gasteiger partial charge in [0.25, 0.3) is 0 Å². The van der Waals surface area contributed by atoms with Gasteiger partial charge in [0.1, 0.15) is 12.4 Å². The highest BCUT2D eigenvalue weighted by Crippen LogP contribution is 2.19. The van der Waals surface area contributed by atoms with Crippen LogP contribution in [0.4, 0.5) is 0 Å². The molecule has 2 aromatic rings. The highest BCUT2D eigenvalue weighted by Gasteiger charge is 2.03. The zero-order valence-corrected chi connectivity index (χ0v) is 11.5. The van der Waals surface area contributed by atoms with Crippen molar-refractivity contribution in [3.05, 3.63) is 52.2 Å². The number of para-hydroxylation sites is 1. The molecule has 0 unspecified atom stereocenters. The molecule has 2 nitrogen and oxygen atoms in total. The molecule has 0 atom stereocenters. The molecule has 18 heavy (non-hydrogen) atoms. The van der Waals surface area contributed by atoms with E-state index in [2.05, 4.69) is 41.2 Å². The first kappa shape index (κ1) is 13.1. The molecule has 0 saturated heterocycles.